The number of alkyl halides is 6. The van der Waals surface area contributed by atoms with E-state index >= 15 is 0 Å². The van der Waals surface area contributed by atoms with Crippen LogP contribution in [0, 0.1) is 0 Å². The van der Waals surface area contributed by atoms with Crippen LogP contribution in [0.25, 0.3) is 0 Å². The molecule has 0 saturated heterocycles. The molecule has 106 valence electrons. The van der Waals surface area contributed by atoms with E-state index in [-0.39, 0.29) is 86.8 Å². The minimum atomic E-state index is -6.35. The smallest absolute Gasteiger partial charge is 0.316 e. The van der Waals surface area contributed by atoms with Crippen molar-refractivity contribution in [3.63, 3.8) is 0 Å². The Morgan fingerprint density at radius 3 is 1.00 bits per heavy atom. The van der Waals surface area contributed by atoms with Gasteiger partial charge in [-0.05, 0) is 0 Å². The van der Waals surface area contributed by atoms with Gasteiger partial charge in [0.2, 0.25) is 0 Å². The molecule has 0 rings (SSSR count). The van der Waals surface area contributed by atoms with Gasteiger partial charge in [0.25, 0.3) is 19.7 Å². The zero-order chi connectivity index (χ0) is 12.7. The molecule has 0 fully saturated rings. The average molecular weight is 383 g/mol. The Bertz CT molecular complexity index is 398. The molecule has 0 radical (unpaired) electrons. The van der Waals surface area contributed by atoms with Gasteiger partial charge in [-0.1, -0.05) is 0 Å². The second kappa shape index (κ2) is 8.58. The van der Waals surface area contributed by atoms with Crippen molar-refractivity contribution in [2.24, 2.45) is 0 Å². The van der Waals surface area contributed by atoms with Gasteiger partial charge in [-0.2, -0.15) is 26.3 Å². The summed E-state index contributed by atoms with van der Waals surface area (Å²) < 4.78 is 110. The van der Waals surface area contributed by atoms with Crippen LogP contribution in [0.2, 0.25) is 0 Å². The first-order valence-corrected chi connectivity index (χ1v) is 6.09. The van der Waals surface area contributed by atoms with E-state index in [4.69, 9.17) is 0 Å². The van der Waals surface area contributed by atoms with Crippen molar-refractivity contribution in [1.82, 2.24) is 0 Å². The third-order valence-electron chi connectivity index (χ3n) is 1.02. The van der Waals surface area contributed by atoms with Crippen LogP contribution in [-0.2, 0) is 19.7 Å². The second-order valence-corrected chi connectivity index (χ2v) is 6.57. The van der Waals surface area contributed by atoms with E-state index in [2.05, 4.69) is 0 Å². The van der Waals surface area contributed by atoms with Gasteiger partial charge in [0, 0.05) is 0 Å². The number of halogens is 7. The normalized spacial score (nSPS) is 12.8. The van der Waals surface area contributed by atoms with Gasteiger partial charge >= 0.3 is 85.5 Å². The Hall–Kier alpha value is 2.17. The minimum absolute atomic E-state index is 0. The second-order valence-electron chi connectivity index (χ2n) is 2.24. The van der Waals surface area contributed by atoms with E-state index in [0.717, 1.165) is 0 Å². The molecule has 0 unspecified atom stereocenters. The van der Waals surface area contributed by atoms with Crippen molar-refractivity contribution < 1.29 is 43.2 Å². The zero-order valence-corrected chi connectivity index (χ0v) is 9.28. The minimum Gasteiger partial charge on any atom is 0.316 e. The standard InChI is InChI=1S/C3H2F6O4S2.ClH.K.Mg.3H/c4-2(5,6)14(10,11)1-15(12,13)3(7,8)9;;;;;;/h1H2;1H;;;;;. The summed E-state index contributed by atoms with van der Waals surface area (Å²) in [5.74, 6) is 0. The molecular formula is C3H6ClF6KMgO4S2. The first-order valence-electron chi connectivity index (χ1n) is 2.79. The van der Waals surface area contributed by atoms with Crippen LogP contribution in [0.3, 0.4) is 0 Å². The van der Waals surface area contributed by atoms with Crippen molar-refractivity contribution in [3.05, 3.63) is 0 Å². The summed E-state index contributed by atoms with van der Waals surface area (Å²) >= 11 is 0. The maximum Gasteiger partial charge on any atom is 0.316 e. The molecule has 0 aromatic carbocycles. The monoisotopic (exact) mass is 382 g/mol. The molecule has 0 aliphatic heterocycles. The molecule has 0 aliphatic rings. The predicted octanol–water partition coefficient (Wildman–Crippen LogP) is -0.330. The summed E-state index contributed by atoms with van der Waals surface area (Å²) in [5.41, 5.74) is -12.1. The van der Waals surface area contributed by atoms with Crippen LogP contribution in [0.5, 0.6) is 0 Å². The summed E-state index contributed by atoms with van der Waals surface area (Å²) in [7, 11) is -12.7. The van der Waals surface area contributed by atoms with Crippen LogP contribution in [0.4, 0.5) is 26.3 Å². The third-order valence-corrected chi connectivity index (χ3v) is 4.91. The fourth-order valence-corrected chi connectivity index (χ4v) is 3.04. The number of sulfone groups is 2. The molecule has 4 nitrogen and oxygen atoms in total. The topological polar surface area (TPSA) is 68.3 Å². The summed E-state index contributed by atoms with van der Waals surface area (Å²) in [4.78, 5) is 0. The van der Waals surface area contributed by atoms with Crippen LogP contribution in [-0.4, -0.2) is 107 Å². The Kier molecular flexibility index (Phi) is 13.5. The van der Waals surface area contributed by atoms with E-state index in [9.17, 15) is 43.2 Å². The van der Waals surface area contributed by atoms with Crippen LogP contribution in [0.1, 0.15) is 0 Å². The maximum absolute atomic E-state index is 11.5. The number of hydrogen-bond donors (Lipinski definition) is 0. The Morgan fingerprint density at radius 2 is 0.889 bits per heavy atom. The Morgan fingerprint density at radius 1 is 0.722 bits per heavy atom. The Balaban J connectivity index is -0.000000327. The molecule has 0 bridgehead atoms. The predicted molar refractivity (Wildman–Crippen MR) is 57.8 cm³/mol. The molecule has 0 heterocycles. The number of rotatable bonds is 2. The van der Waals surface area contributed by atoms with E-state index in [1.807, 2.05) is 0 Å². The molecule has 15 heteroatoms. The largest absolute Gasteiger partial charge is 0.316 e. The average Bonchev–Trinajstić information content (AvgIpc) is 1.77. The summed E-state index contributed by atoms with van der Waals surface area (Å²) in [6, 6.07) is 0. The molecule has 0 aliphatic carbocycles. The molecule has 0 spiro atoms. The number of hydrogen-bond acceptors (Lipinski definition) is 4. The van der Waals surface area contributed by atoms with Gasteiger partial charge in [0.1, 0.15) is 0 Å². The fourth-order valence-electron chi connectivity index (χ4n) is 0.338. The fraction of sp³-hybridized carbons (Fsp3) is 1.00. The van der Waals surface area contributed by atoms with Gasteiger partial charge in [0.15, 0.2) is 5.08 Å². The van der Waals surface area contributed by atoms with Crippen LogP contribution < -0.4 is 0 Å². The molecule has 0 N–H and O–H groups in total. The van der Waals surface area contributed by atoms with Gasteiger partial charge in [-0.25, -0.2) is 16.8 Å². The van der Waals surface area contributed by atoms with Crippen molar-refractivity contribution in [2.75, 3.05) is 5.08 Å². The van der Waals surface area contributed by atoms with Crippen molar-refractivity contribution in [1.29, 1.82) is 0 Å². The quantitative estimate of drug-likeness (QED) is 0.484. The molecule has 18 heavy (non-hydrogen) atoms. The summed E-state index contributed by atoms with van der Waals surface area (Å²) in [5, 5.41) is -3.03. The molecule has 0 saturated carbocycles. The van der Waals surface area contributed by atoms with Gasteiger partial charge < -0.3 is 0 Å². The van der Waals surface area contributed by atoms with Crippen molar-refractivity contribution in [3.8, 4) is 0 Å². The first-order chi connectivity index (χ1) is 6.21. The van der Waals surface area contributed by atoms with Gasteiger partial charge in [-0.3, -0.25) is 0 Å². The van der Waals surface area contributed by atoms with Crippen LogP contribution >= 0.6 is 12.4 Å². The Labute approximate surface area is 163 Å². The van der Waals surface area contributed by atoms with Crippen LogP contribution in [0.15, 0.2) is 0 Å². The molecule has 0 atom stereocenters. The van der Waals surface area contributed by atoms with E-state index in [1.165, 1.54) is 0 Å². The maximum atomic E-state index is 11.5. The van der Waals surface area contributed by atoms with Crippen molar-refractivity contribution in [2.45, 2.75) is 11.0 Å². The molecule has 0 aromatic heterocycles. The van der Waals surface area contributed by atoms with Gasteiger partial charge in [0.05, 0.1) is 0 Å². The molecule has 0 aromatic rings. The molecular weight excluding hydrogens is 377 g/mol. The first kappa shape index (κ1) is 28.4. The van der Waals surface area contributed by atoms with E-state index in [1.54, 1.807) is 0 Å². The summed E-state index contributed by atoms with van der Waals surface area (Å²) in [6.45, 7) is 0. The van der Waals surface area contributed by atoms with E-state index < -0.39 is 35.8 Å². The third kappa shape index (κ3) is 7.82. The SMILES string of the molecule is Cl.O=S(=O)(CS(=O)(=O)C(F)(F)F)C(F)(F)F.[KH].[MgH2]. The van der Waals surface area contributed by atoms with Crippen molar-refractivity contribution >= 4 is 107 Å². The summed E-state index contributed by atoms with van der Waals surface area (Å²) in [6.07, 6.45) is 0. The van der Waals surface area contributed by atoms with E-state index in [0.29, 0.717) is 0 Å². The molecule has 0 amide bonds. The zero-order valence-electron chi connectivity index (χ0n) is 6.83. The van der Waals surface area contributed by atoms with Gasteiger partial charge in [-0.15, -0.1) is 12.4 Å².